The van der Waals surface area contributed by atoms with Crippen LogP contribution in [0.1, 0.15) is 10.4 Å². The van der Waals surface area contributed by atoms with Crippen LogP contribution in [0.5, 0.6) is 11.6 Å². The Hall–Kier alpha value is -1.79. The normalized spacial score (nSPS) is 10.2. The molecule has 20 heavy (non-hydrogen) atoms. The van der Waals surface area contributed by atoms with E-state index < -0.39 is 5.97 Å². The van der Waals surface area contributed by atoms with E-state index in [1.165, 1.54) is 19.4 Å². The van der Waals surface area contributed by atoms with Gasteiger partial charge in [0.05, 0.1) is 17.7 Å². The molecule has 0 aliphatic heterocycles. The molecule has 1 heterocycles. The van der Waals surface area contributed by atoms with Crippen molar-refractivity contribution in [1.82, 2.24) is 4.98 Å². The van der Waals surface area contributed by atoms with E-state index in [0.29, 0.717) is 10.8 Å². The van der Waals surface area contributed by atoms with Crippen molar-refractivity contribution in [2.24, 2.45) is 0 Å². The number of benzene rings is 1. The number of nitrogen functional groups attached to an aromatic ring is 1. The highest BCUT2D eigenvalue weighted by Gasteiger charge is 2.16. The van der Waals surface area contributed by atoms with Crippen molar-refractivity contribution in [3.8, 4) is 11.6 Å². The minimum atomic E-state index is -0.559. The number of nitrogens with two attached hydrogens (primary N) is 1. The predicted octanol–water partition coefficient (Wildman–Crippen LogP) is 3.66. The molecule has 0 fully saturated rings. The molecule has 0 amide bonds. The Balaban J connectivity index is 2.37. The third kappa shape index (κ3) is 3.02. The quantitative estimate of drug-likeness (QED) is 0.849. The summed E-state index contributed by atoms with van der Waals surface area (Å²) in [4.78, 5) is 15.5. The van der Waals surface area contributed by atoms with Crippen LogP contribution in [0.4, 0.5) is 5.69 Å². The molecule has 2 rings (SSSR count). The van der Waals surface area contributed by atoms with E-state index in [0.717, 1.165) is 4.47 Å². The fraction of sp³-hybridized carbons (Fsp3) is 0.0769. The van der Waals surface area contributed by atoms with Gasteiger partial charge in [-0.25, -0.2) is 9.78 Å². The number of carbonyl (C=O) groups excluding carboxylic acids is 1. The van der Waals surface area contributed by atoms with Crippen molar-refractivity contribution in [2.45, 2.75) is 0 Å². The third-order valence-corrected chi connectivity index (χ3v) is 3.25. The number of rotatable bonds is 3. The number of hydrogen-bond donors (Lipinski definition) is 1. The smallest absolute Gasteiger partial charge is 0.340 e. The maximum Gasteiger partial charge on any atom is 0.340 e. The molecule has 0 radical (unpaired) electrons. The summed E-state index contributed by atoms with van der Waals surface area (Å²) < 4.78 is 11.0. The van der Waals surface area contributed by atoms with Crippen molar-refractivity contribution in [3.63, 3.8) is 0 Å². The Kier molecular flexibility index (Phi) is 4.46. The van der Waals surface area contributed by atoms with E-state index in [2.05, 4.69) is 25.7 Å². The lowest BCUT2D eigenvalue weighted by molar-refractivity contribution is 0.0601. The zero-order chi connectivity index (χ0) is 14.7. The summed E-state index contributed by atoms with van der Waals surface area (Å²) in [6.45, 7) is 0. The molecule has 0 aliphatic carbocycles. The average molecular weight is 358 g/mol. The predicted molar refractivity (Wildman–Crippen MR) is 79.2 cm³/mol. The van der Waals surface area contributed by atoms with Gasteiger partial charge in [0.25, 0.3) is 0 Å². The number of nitrogens with zero attached hydrogens (tertiary/aromatic N) is 1. The first-order valence-corrected chi connectivity index (χ1v) is 6.65. The molecule has 0 aliphatic rings. The molecule has 0 saturated heterocycles. The van der Waals surface area contributed by atoms with E-state index in [1.54, 1.807) is 18.2 Å². The highest BCUT2D eigenvalue weighted by molar-refractivity contribution is 9.10. The van der Waals surface area contributed by atoms with Gasteiger partial charge in [-0.1, -0.05) is 27.5 Å². The van der Waals surface area contributed by atoms with Crippen LogP contribution in [0.3, 0.4) is 0 Å². The van der Waals surface area contributed by atoms with Crippen molar-refractivity contribution in [2.75, 3.05) is 12.8 Å². The van der Waals surface area contributed by atoms with Gasteiger partial charge >= 0.3 is 5.97 Å². The second-order valence-electron chi connectivity index (χ2n) is 3.75. The minimum Gasteiger partial charge on any atom is -0.465 e. The zero-order valence-corrected chi connectivity index (χ0v) is 12.7. The van der Waals surface area contributed by atoms with Crippen LogP contribution >= 0.6 is 27.5 Å². The third-order valence-electron chi connectivity index (χ3n) is 2.46. The number of methoxy groups -OCH3 is 1. The van der Waals surface area contributed by atoms with Gasteiger partial charge in [-0.15, -0.1) is 0 Å². The summed E-state index contributed by atoms with van der Waals surface area (Å²) in [5.41, 5.74) is 6.13. The van der Waals surface area contributed by atoms with E-state index in [-0.39, 0.29) is 17.1 Å². The Morgan fingerprint density at radius 1 is 1.40 bits per heavy atom. The summed E-state index contributed by atoms with van der Waals surface area (Å²) in [5.74, 6) is -0.0788. The molecule has 0 atom stereocenters. The van der Waals surface area contributed by atoms with Gasteiger partial charge in [-0.2, -0.15) is 0 Å². The number of anilines is 1. The standard InChI is InChI=1S/C13H10BrClN2O3/c1-19-13(18)8-4-5-17-12(11(8)16)20-10-3-2-7(14)6-9(10)15/h2-6H,16H2,1H3. The molecule has 0 bridgehead atoms. The lowest BCUT2D eigenvalue weighted by atomic mass is 10.2. The highest BCUT2D eigenvalue weighted by Crippen LogP contribution is 2.34. The minimum absolute atomic E-state index is 0.0946. The van der Waals surface area contributed by atoms with E-state index in [1.807, 2.05) is 0 Å². The molecule has 7 heteroatoms. The summed E-state index contributed by atoms with van der Waals surface area (Å²) in [7, 11) is 1.27. The van der Waals surface area contributed by atoms with Crippen LogP contribution in [0.25, 0.3) is 0 Å². The number of aromatic nitrogens is 1. The molecular weight excluding hydrogens is 348 g/mol. The fourth-order valence-electron chi connectivity index (χ4n) is 1.49. The van der Waals surface area contributed by atoms with E-state index in [4.69, 9.17) is 22.1 Å². The maximum absolute atomic E-state index is 11.5. The van der Waals surface area contributed by atoms with Crippen molar-refractivity contribution in [3.05, 3.63) is 45.5 Å². The molecule has 2 aromatic rings. The van der Waals surface area contributed by atoms with Crippen LogP contribution < -0.4 is 10.5 Å². The number of hydrogen-bond acceptors (Lipinski definition) is 5. The molecule has 1 aromatic heterocycles. The number of ether oxygens (including phenoxy) is 2. The molecule has 0 unspecified atom stereocenters. The number of pyridine rings is 1. The number of carbonyl (C=O) groups is 1. The fourth-order valence-corrected chi connectivity index (χ4v) is 2.20. The van der Waals surface area contributed by atoms with Gasteiger partial charge in [-0.05, 0) is 24.3 Å². The average Bonchev–Trinajstić information content (AvgIpc) is 2.43. The van der Waals surface area contributed by atoms with Crippen LogP contribution in [-0.4, -0.2) is 18.1 Å². The summed E-state index contributed by atoms with van der Waals surface area (Å²) in [6.07, 6.45) is 1.41. The summed E-state index contributed by atoms with van der Waals surface area (Å²) >= 11 is 9.34. The molecule has 1 aromatic carbocycles. The molecule has 104 valence electrons. The second kappa shape index (κ2) is 6.11. The van der Waals surface area contributed by atoms with Gasteiger partial charge < -0.3 is 15.2 Å². The van der Waals surface area contributed by atoms with Gasteiger partial charge in [0.1, 0.15) is 11.4 Å². The first-order valence-electron chi connectivity index (χ1n) is 5.48. The lowest BCUT2D eigenvalue weighted by Gasteiger charge is -2.11. The number of halogens is 2. The van der Waals surface area contributed by atoms with Crippen molar-refractivity contribution < 1.29 is 14.3 Å². The van der Waals surface area contributed by atoms with Crippen LogP contribution in [-0.2, 0) is 4.74 Å². The summed E-state index contributed by atoms with van der Waals surface area (Å²) in [5, 5.41) is 0.393. The monoisotopic (exact) mass is 356 g/mol. The molecule has 0 saturated carbocycles. The highest BCUT2D eigenvalue weighted by atomic mass is 79.9. The van der Waals surface area contributed by atoms with E-state index >= 15 is 0 Å². The first kappa shape index (κ1) is 14.6. The molecule has 5 nitrogen and oxygen atoms in total. The molecule has 2 N–H and O–H groups in total. The van der Waals surface area contributed by atoms with Crippen LogP contribution in [0.2, 0.25) is 5.02 Å². The van der Waals surface area contributed by atoms with Crippen molar-refractivity contribution in [1.29, 1.82) is 0 Å². The Labute approximate surface area is 128 Å². The number of esters is 1. The second-order valence-corrected chi connectivity index (χ2v) is 5.07. The largest absolute Gasteiger partial charge is 0.465 e. The Bertz CT molecular complexity index is 664. The van der Waals surface area contributed by atoms with Gasteiger partial charge in [-0.3, -0.25) is 0 Å². The lowest BCUT2D eigenvalue weighted by Crippen LogP contribution is -2.07. The van der Waals surface area contributed by atoms with E-state index in [9.17, 15) is 4.79 Å². The van der Waals surface area contributed by atoms with Gasteiger partial charge in [0, 0.05) is 10.7 Å². The molecule has 0 spiro atoms. The van der Waals surface area contributed by atoms with Crippen LogP contribution in [0.15, 0.2) is 34.9 Å². The Morgan fingerprint density at radius 2 is 2.15 bits per heavy atom. The maximum atomic E-state index is 11.5. The topological polar surface area (TPSA) is 74.4 Å². The SMILES string of the molecule is COC(=O)c1ccnc(Oc2ccc(Br)cc2Cl)c1N. The summed E-state index contributed by atoms with van der Waals surface area (Å²) in [6, 6.07) is 6.56. The zero-order valence-electron chi connectivity index (χ0n) is 10.4. The molecular formula is C13H10BrClN2O3. The Morgan fingerprint density at radius 3 is 2.80 bits per heavy atom. The van der Waals surface area contributed by atoms with Crippen molar-refractivity contribution >= 4 is 39.2 Å². The van der Waals surface area contributed by atoms with Crippen LogP contribution in [0, 0.1) is 0 Å². The van der Waals surface area contributed by atoms with Gasteiger partial charge in [0.2, 0.25) is 5.88 Å². The van der Waals surface area contributed by atoms with Gasteiger partial charge in [0.15, 0.2) is 0 Å². The first-order chi connectivity index (χ1) is 9.52.